The van der Waals surface area contributed by atoms with Crippen molar-refractivity contribution in [1.29, 1.82) is 0 Å². The van der Waals surface area contributed by atoms with Gasteiger partial charge in [-0.1, -0.05) is 0 Å². The number of alkyl halides is 3. The monoisotopic (exact) mass is 362 g/mol. The van der Waals surface area contributed by atoms with Crippen molar-refractivity contribution in [3.63, 3.8) is 0 Å². The van der Waals surface area contributed by atoms with E-state index in [1.165, 1.54) is 18.3 Å². The van der Waals surface area contributed by atoms with E-state index in [1.54, 1.807) is 0 Å². The first-order valence-electron chi connectivity index (χ1n) is 5.57. The second kappa shape index (κ2) is 5.80. The molecular weight excluding hydrogens is 356 g/mol. The third-order valence-electron chi connectivity index (χ3n) is 2.50. The molecule has 1 N–H and O–H groups in total. The van der Waals surface area contributed by atoms with Gasteiger partial charge in [-0.3, -0.25) is 4.79 Å². The molecule has 0 spiro atoms. The number of nitrogens with zero attached hydrogens (tertiary/aromatic N) is 1. The minimum atomic E-state index is -4.62. The Labute approximate surface area is 125 Å². The third-order valence-corrected chi connectivity index (χ3v) is 2.97. The van der Waals surface area contributed by atoms with E-state index in [2.05, 4.69) is 26.2 Å². The van der Waals surface area contributed by atoms with Gasteiger partial charge in [-0.2, -0.15) is 13.2 Å². The first-order chi connectivity index (χ1) is 9.77. The summed E-state index contributed by atoms with van der Waals surface area (Å²) in [4.78, 5) is 15.6. The number of hydrogen-bond donors (Lipinski definition) is 1. The number of aromatic nitrogens is 1. The van der Waals surface area contributed by atoms with Crippen LogP contribution in [0, 0.1) is 5.82 Å². The molecule has 8 heteroatoms. The van der Waals surface area contributed by atoms with Gasteiger partial charge in [0.05, 0.1) is 11.3 Å². The maximum atomic E-state index is 13.5. The number of amides is 1. The normalized spacial score (nSPS) is 11.3. The van der Waals surface area contributed by atoms with Crippen molar-refractivity contribution in [1.82, 2.24) is 4.98 Å². The van der Waals surface area contributed by atoms with Crippen LogP contribution in [0.3, 0.4) is 0 Å². The highest BCUT2D eigenvalue weighted by Crippen LogP contribution is 2.31. The average Bonchev–Trinajstić information content (AvgIpc) is 2.40. The number of halogens is 5. The number of anilines is 1. The fourth-order valence-electron chi connectivity index (χ4n) is 1.49. The number of nitrogens with one attached hydrogen (secondary N) is 1. The quantitative estimate of drug-likeness (QED) is 0.811. The van der Waals surface area contributed by atoms with Crippen molar-refractivity contribution in [3.05, 3.63) is 58.1 Å². The summed E-state index contributed by atoms with van der Waals surface area (Å²) in [6.07, 6.45) is -3.28. The molecule has 0 fully saturated rings. The number of carbonyl (C=O) groups excluding carboxylic acids is 1. The molecule has 21 heavy (non-hydrogen) atoms. The summed E-state index contributed by atoms with van der Waals surface area (Å²) >= 11 is 3.13. The van der Waals surface area contributed by atoms with Crippen LogP contribution in [0.5, 0.6) is 0 Å². The first-order valence-corrected chi connectivity index (χ1v) is 6.36. The molecule has 1 aromatic carbocycles. The van der Waals surface area contributed by atoms with Crippen molar-refractivity contribution in [2.75, 3.05) is 5.32 Å². The van der Waals surface area contributed by atoms with E-state index in [-0.39, 0.29) is 5.69 Å². The number of rotatable bonds is 2. The third kappa shape index (κ3) is 3.78. The summed E-state index contributed by atoms with van der Waals surface area (Å²) in [6, 6.07) is 4.66. The van der Waals surface area contributed by atoms with Gasteiger partial charge in [0.25, 0.3) is 5.91 Å². The van der Waals surface area contributed by atoms with E-state index in [9.17, 15) is 22.4 Å². The van der Waals surface area contributed by atoms with Crippen LogP contribution in [0.25, 0.3) is 0 Å². The van der Waals surface area contributed by atoms with Crippen molar-refractivity contribution in [2.45, 2.75) is 6.18 Å². The van der Waals surface area contributed by atoms with Gasteiger partial charge in [-0.05, 0) is 46.3 Å². The largest absolute Gasteiger partial charge is 0.416 e. The molecule has 0 aliphatic heterocycles. The Bertz CT molecular complexity index is 671. The number of pyridine rings is 1. The highest BCUT2D eigenvalue weighted by molar-refractivity contribution is 9.10. The second-order valence-electron chi connectivity index (χ2n) is 4.01. The smallest absolute Gasteiger partial charge is 0.318 e. The Morgan fingerprint density at radius 3 is 2.48 bits per heavy atom. The molecule has 2 aromatic rings. The number of hydrogen-bond acceptors (Lipinski definition) is 2. The lowest BCUT2D eigenvalue weighted by atomic mass is 10.2. The standard InChI is InChI=1S/C13H7BrF4N2O/c14-8-2-4-10(19-6-8)12(21)20-11-5-7(13(16,17)18)1-3-9(11)15/h1-6H,(H,20,21). The molecule has 0 saturated carbocycles. The molecule has 1 heterocycles. The predicted molar refractivity (Wildman–Crippen MR) is 71.3 cm³/mol. The lowest BCUT2D eigenvalue weighted by Crippen LogP contribution is -2.15. The molecular formula is C13H7BrF4N2O. The van der Waals surface area contributed by atoms with Gasteiger partial charge in [0.15, 0.2) is 0 Å². The molecule has 110 valence electrons. The van der Waals surface area contributed by atoms with Crippen LogP contribution in [-0.2, 0) is 6.18 Å². The van der Waals surface area contributed by atoms with Gasteiger partial charge in [0.2, 0.25) is 0 Å². The molecule has 2 rings (SSSR count). The summed E-state index contributed by atoms with van der Waals surface area (Å²) in [5, 5.41) is 2.07. The Kier molecular flexibility index (Phi) is 4.26. The summed E-state index contributed by atoms with van der Waals surface area (Å²) in [7, 11) is 0. The fraction of sp³-hybridized carbons (Fsp3) is 0.0769. The van der Waals surface area contributed by atoms with Crippen LogP contribution in [-0.4, -0.2) is 10.9 Å². The zero-order valence-electron chi connectivity index (χ0n) is 10.2. The van der Waals surface area contributed by atoms with Crippen molar-refractivity contribution < 1.29 is 22.4 Å². The summed E-state index contributed by atoms with van der Waals surface area (Å²) in [6.45, 7) is 0. The van der Waals surface area contributed by atoms with E-state index in [0.717, 1.165) is 0 Å². The Morgan fingerprint density at radius 1 is 1.19 bits per heavy atom. The lowest BCUT2D eigenvalue weighted by Gasteiger charge is -2.10. The van der Waals surface area contributed by atoms with Crippen LogP contribution in [0.1, 0.15) is 16.1 Å². The molecule has 0 radical (unpaired) electrons. The van der Waals surface area contributed by atoms with Gasteiger partial charge in [-0.25, -0.2) is 9.37 Å². The molecule has 0 aliphatic carbocycles. The number of carbonyl (C=O) groups is 1. The van der Waals surface area contributed by atoms with Crippen LogP contribution in [0.4, 0.5) is 23.2 Å². The molecule has 3 nitrogen and oxygen atoms in total. The molecule has 1 amide bonds. The van der Waals surface area contributed by atoms with Crippen molar-refractivity contribution in [3.8, 4) is 0 Å². The molecule has 0 aliphatic rings. The topological polar surface area (TPSA) is 42.0 Å². The zero-order valence-corrected chi connectivity index (χ0v) is 11.8. The molecule has 0 unspecified atom stereocenters. The number of benzene rings is 1. The van der Waals surface area contributed by atoms with Gasteiger partial charge in [0, 0.05) is 10.7 Å². The average molecular weight is 363 g/mol. The highest BCUT2D eigenvalue weighted by atomic mass is 79.9. The SMILES string of the molecule is O=C(Nc1cc(C(F)(F)F)ccc1F)c1ccc(Br)cn1. The van der Waals surface area contributed by atoms with Crippen molar-refractivity contribution in [2.24, 2.45) is 0 Å². The van der Waals surface area contributed by atoms with E-state index in [0.29, 0.717) is 22.7 Å². The maximum absolute atomic E-state index is 13.5. The molecule has 1 aromatic heterocycles. The summed E-state index contributed by atoms with van der Waals surface area (Å²) in [5.74, 6) is -1.77. The Hall–Kier alpha value is -1.96. The minimum absolute atomic E-state index is 0.0463. The Balaban J connectivity index is 2.26. The van der Waals surface area contributed by atoms with E-state index in [1.807, 2.05) is 0 Å². The Morgan fingerprint density at radius 2 is 1.90 bits per heavy atom. The molecule has 0 bridgehead atoms. The van der Waals surface area contributed by atoms with Gasteiger partial charge in [-0.15, -0.1) is 0 Å². The van der Waals surface area contributed by atoms with Crippen LogP contribution in [0.2, 0.25) is 0 Å². The first kappa shape index (κ1) is 15.4. The minimum Gasteiger partial charge on any atom is -0.318 e. The summed E-state index contributed by atoms with van der Waals surface area (Å²) < 4.78 is 51.8. The second-order valence-corrected chi connectivity index (χ2v) is 4.92. The van der Waals surface area contributed by atoms with Crippen molar-refractivity contribution >= 4 is 27.5 Å². The maximum Gasteiger partial charge on any atom is 0.416 e. The van der Waals surface area contributed by atoms with Crippen LogP contribution in [0.15, 0.2) is 41.0 Å². The summed E-state index contributed by atoms with van der Waals surface area (Å²) in [5.41, 5.74) is -1.66. The van der Waals surface area contributed by atoms with Crippen LogP contribution < -0.4 is 5.32 Å². The molecule has 0 atom stereocenters. The van der Waals surface area contributed by atoms with Gasteiger partial charge in [0.1, 0.15) is 11.5 Å². The van der Waals surface area contributed by atoms with Crippen LogP contribution >= 0.6 is 15.9 Å². The van der Waals surface area contributed by atoms with Gasteiger partial charge < -0.3 is 5.32 Å². The van der Waals surface area contributed by atoms with E-state index >= 15 is 0 Å². The van der Waals surface area contributed by atoms with Gasteiger partial charge >= 0.3 is 6.18 Å². The van der Waals surface area contributed by atoms with E-state index < -0.39 is 29.2 Å². The predicted octanol–water partition coefficient (Wildman–Crippen LogP) is 4.25. The zero-order chi connectivity index (χ0) is 15.6. The fourth-order valence-corrected chi connectivity index (χ4v) is 1.73. The lowest BCUT2D eigenvalue weighted by molar-refractivity contribution is -0.137. The highest BCUT2D eigenvalue weighted by Gasteiger charge is 2.31. The van der Waals surface area contributed by atoms with E-state index in [4.69, 9.17) is 0 Å². The molecule has 0 saturated heterocycles.